The maximum absolute atomic E-state index is 12.2. The molecule has 110 valence electrons. The summed E-state index contributed by atoms with van der Waals surface area (Å²) in [5.41, 5.74) is 0.708. The third-order valence-corrected chi connectivity index (χ3v) is 3.34. The van der Waals surface area contributed by atoms with Crippen LogP contribution >= 0.6 is 0 Å². The Bertz CT molecular complexity index is 447. The van der Waals surface area contributed by atoms with E-state index in [1.165, 1.54) is 0 Å². The van der Waals surface area contributed by atoms with Crippen LogP contribution in [-0.4, -0.2) is 55.8 Å². The molecular weight excluding hydrogens is 256 g/mol. The highest BCUT2D eigenvalue weighted by Crippen LogP contribution is 2.14. The number of rotatable bonds is 3. The summed E-state index contributed by atoms with van der Waals surface area (Å²) in [6, 6.07) is 3.65. The zero-order valence-electron chi connectivity index (χ0n) is 12.3. The van der Waals surface area contributed by atoms with E-state index in [4.69, 9.17) is 4.74 Å². The molecule has 1 N–H and O–H groups in total. The minimum absolute atomic E-state index is 0.0915. The van der Waals surface area contributed by atoms with Crippen LogP contribution in [-0.2, 0) is 4.74 Å². The number of hydrogen-bond acceptors (Lipinski definition) is 4. The minimum atomic E-state index is -0.0915. The summed E-state index contributed by atoms with van der Waals surface area (Å²) in [6.45, 7) is 3.94. The molecule has 1 aromatic rings. The SMILES string of the molecule is CCC1CN(C(=O)Nc2ccc(N(C)C)nc2)CCO1. The Kier molecular flexibility index (Phi) is 4.79. The average Bonchev–Trinajstić information content (AvgIpc) is 2.47. The number of anilines is 2. The summed E-state index contributed by atoms with van der Waals surface area (Å²) in [4.78, 5) is 20.1. The molecule has 2 rings (SSSR count). The monoisotopic (exact) mass is 278 g/mol. The molecule has 0 spiro atoms. The van der Waals surface area contributed by atoms with E-state index in [0.717, 1.165) is 12.2 Å². The van der Waals surface area contributed by atoms with Crippen LogP contribution in [0.5, 0.6) is 0 Å². The molecule has 6 heteroatoms. The van der Waals surface area contributed by atoms with Crippen molar-refractivity contribution in [3.63, 3.8) is 0 Å². The van der Waals surface area contributed by atoms with Crippen LogP contribution in [0.3, 0.4) is 0 Å². The van der Waals surface area contributed by atoms with Crippen molar-refractivity contribution in [2.75, 3.05) is 44.0 Å². The smallest absolute Gasteiger partial charge is 0.322 e. The van der Waals surface area contributed by atoms with Gasteiger partial charge in [0.05, 0.1) is 24.6 Å². The summed E-state index contributed by atoms with van der Waals surface area (Å²) in [6.07, 6.45) is 2.73. The fraction of sp³-hybridized carbons (Fsp3) is 0.571. The zero-order valence-corrected chi connectivity index (χ0v) is 12.3. The molecular formula is C14H22N4O2. The lowest BCUT2D eigenvalue weighted by Crippen LogP contribution is -2.47. The van der Waals surface area contributed by atoms with Gasteiger partial charge in [0, 0.05) is 27.2 Å². The van der Waals surface area contributed by atoms with Gasteiger partial charge in [-0.1, -0.05) is 6.92 Å². The highest BCUT2D eigenvalue weighted by atomic mass is 16.5. The topological polar surface area (TPSA) is 57.7 Å². The molecule has 1 saturated heterocycles. The fourth-order valence-electron chi connectivity index (χ4n) is 2.08. The largest absolute Gasteiger partial charge is 0.375 e. The van der Waals surface area contributed by atoms with Crippen LogP contribution in [0.15, 0.2) is 18.3 Å². The van der Waals surface area contributed by atoms with E-state index in [-0.39, 0.29) is 12.1 Å². The summed E-state index contributed by atoms with van der Waals surface area (Å²) in [7, 11) is 3.86. The Morgan fingerprint density at radius 2 is 2.35 bits per heavy atom. The minimum Gasteiger partial charge on any atom is -0.375 e. The molecule has 0 saturated carbocycles. The normalized spacial score (nSPS) is 18.8. The van der Waals surface area contributed by atoms with Gasteiger partial charge in [0.1, 0.15) is 5.82 Å². The molecule has 1 unspecified atom stereocenters. The van der Waals surface area contributed by atoms with Gasteiger partial charge < -0.3 is 19.9 Å². The second-order valence-electron chi connectivity index (χ2n) is 5.08. The van der Waals surface area contributed by atoms with Crippen molar-refractivity contribution < 1.29 is 9.53 Å². The van der Waals surface area contributed by atoms with Gasteiger partial charge in [0.25, 0.3) is 0 Å². The number of pyridine rings is 1. The lowest BCUT2D eigenvalue weighted by Gasteiger charge is -2.32. The Morgan fingerprint density at radius 3 is 2.95 bits per heavy atom. The van der Waals surface area contributed by atoms with Crippen molar-refractivity contribution in [3.8, 4) is 0 Å². The van der Waals surface area contributed by atoms with Gasteiger partial charge in [-0.3, -0.25) is 0 Å². The summed E-state index contributed by atoms with van der Waals surface area (Å²) in [5.74, 6) is 0.861. The van der Waals surface area contributed by atoms with Gasteiger partial charge in [0.15, 0.2) is 0 Å². The second kappa shape index (κ2) is 6.56. The van der Waals surface area contributed by atoms with E-state index in [9.17, 15) is 4.79 Å². The number of nitrogens with one attached hydrogen (secondary N) is 1. The third kappa shape index (κ3) is 3.60. The van der Waals surface area contributed by atoms with Crippen LogP contribution in [0.1, 0.15) is 13.3 Å². The van der Waals surface area contributed by atoms with Gasteiger partial charge in [-0.2, -0.15) is 0 Å². The lowest BCUT2D eigenvalue weighted by molar-refractivity contribution is -0.0134. The maximum atomic E-state index is 12.2. The Hall–Kier alpha value is -1.82. The summed E-state index contributed by atoms with van der Waals surface area (Å²) >= 11 is 0. The number of nitrogens with zero attached hydrogens (tertiary/aromatic N) is 3. The first kappa shape index (κ1) is 14.6. The molecule has 6 nitrogen and oxygen atoms in total. The first-order valence-corrected chi connectivity index (χ1v) is 6.91. The molecule has 2 amide bonds. The molecule has 1 aliphatic rings. The number of amides is 2. The molecule has 0 aliphatic carbocycles. The molecule has 1 aromatic heterocycles. The van der Waals surface area contributed by atoms with Crippen molar-refractivity contribution in [2.24, 2.45) is 0 Å². The van der Waals surface area contributed by atoms with Crippen molar-refractivity contribution >= 4 is 17.5 Å². The van der Waals surface area contributed by atoms with Crippen LogP contribution in [0.25, 0.3) is 0 Å². The lowest BCUT2D eigenvalue weighted by atomic mass is 10.2. The molecule has 0 aromatic carbocycles. The van der Waals surface area contributed by atoms with Gasteiger partial charge >= 0.3 is 6.03 Å². The molecule has 1 fully saturated rings. The molecule has 0 bridgehead atoms. The van der Waals surface area contributed by atoms with Gasteiger partial charge in [-0.25, -0.2) is 9.78 Å². The van der Waals surface area contributed by atoms with Gasteiger partial charge in [-0.15, -0.1) is 0 Å². The van der Waals surface area contributed by atoms with Crippen molar-refractivity contribution in [1.82, 2.24) is 9.88 Å². The first-order chi connectivity index (χ1) is 9.60. The second-order valence-corrected chi connectivity index (χ2v) is 5.08. The Labute approximate surface area is 119 Å². The summed E-state index contributed by atoms with van der Waals surface area (Å²) in [5, 5.41) is 2.87. The number of aromatic nitrogens is 1. The maximum Gasteiger partial charge on any atom is 0.322 e. The van der Waals surface area contributed by atoms with Crippen molar-refractivity contribution in [2.45, 2.75) is 19.4 Å². The quantitative estimate of drug-likeness (QED) is 0.916. The molecule has 1 atom stereocenters. The Morgan fingerprint density at radius 1 is 1.55 bits per heavy atom. The number of urea groups is 1. The number of morpholine rings is 1. The van der Waals surface area contributed by atoms with Crippen LogP contribution < -0.4 is 10.2 Å². The number of carbonyl (C=O) groups excluding carboxylic acids is 1. The zero-order chi connectivity index (χ0) is 14.5. The molecule has 1 aliphatic heterocycles. The van der Waals surface area contributed by atoms with Crippen LogP contribution in [0, 0.1) is 0 Å². The Balaban J connectivity index is 1.93. The third-order valence-electron chi connectivity index (χ3n) is 3.34. The fourth-order valence-corrected chi connectivity index (χ4v) is 2.08. The first-order valence-electron chi connectivity index (χ1n) is 6.91. The van der Waals surface area contributed by atoms with E-state index in [0.29, 0.717) is 25.4 Å². The van der Waals surface area contributed by atoms with Gasteiger partial charge in [-0.05, 0) is 18.6 Å². The molecule has 0 radical (unpaired) electrons. The van der Waals surface area contributed by atoms with E-state index in [1.54, 1.807) is 11.1 Å². The average molecular weight is 278 g/mol. The number of hydrogen-bond donors (Lipinski definition) is 1. The predicted octanol–water partition coefficient (Wildman–Crippen LogP) is 1.79. The predicted molar refractivity (Wildman–Crippen MR) is 79.2 cm³/mol. The number of ether oxygens (including phenoxy) is 1. The highest BCUT2D eigenvalue weighted by molar-refractivity contribution is 5.89. The standard InChI is InChI=1S/C14H22N4O2/c1-4-12-10-18(7-8-20-12)14(19)16-11-5-6-13(15-9-11)17(2)3/h5-6,9,12H,4,7-8,10H2,1-3H3,(H,16,19). The van der Waals surface area contributed by atoms with Crippen LogP contribution in [0.2, 0.25) is 0 Å². The van der Waals surface area contributed by atoms with E-state index >= 15 is 0 Å². The molecule has 2 heterocycles. The number of carbonyl (C=O) groups is 1. The van der Waals surface area contributed by atoms with E-state index in [1.807, 2.05) is 31.1 Å². The van der Waals surface area contributed by atoms with Crippen molar-refractivity contribution in [3.05, 3.63) is 18.3 Å². The van der Waals surface area contributed by atoms with E-state index in [2.05, 4.69) is 17.2 Å². The van der Waals surface area contributed by atoms with E-state index < -0.39 is 0 Å². The molecule has 20 heavy (non-hydrogen) atoms. The highest BCUT2D eigenvalue weighted by Gasteiger charge is 2.23. The van der Waals surface area contributed by atoms with Gasteiger partial charge in [0.2, 0.25) is 0 Å². The summed E-state index contributed by atoms with van der Waals surface area (Å²) < 4.78 is 5.56. The van der Waals surface area contributed by atoms with Crippen molar-refractivity contribution in [1.29, 1.82) is 0 Å². The van der Waals surface area contributed by atoms with Crippen LogP contribution in [0.4, 0.5) is 16.3 Å².